The lowest BCUT2D eigenvalue weighted by atomic mass is 9.77. The third-order valence-corrected chi connectivity index (χ3v) is 5.90. The van der Waals surface area contributed by atoms with Crippen LogP contribution in [0.15, 0.2) is 12.1 Å². The minimum absolute atomic E-state index is 0.671. The van der Waals surface area contributed by atoms with Gasteiger partial charge in [0.05, 0.1) is 0 Å². The molecule has 2 saturated heterocycles. The predicted octanol–water partition coefficient (Wildman–Crippen LogP) is 2.97. The van der Waals surface area contributed by atoms with Crippen LogP contribution in [0.4, 0.5) is 0 Å². The Morgan fingerprint density at radius 2 is 2.05 bits per heavy atom. The van der Waals surface area contributed by atoms with Crippen LogP contribution in [0.1, 0.15) is 47.6 Å². The monoisotopic (exact) mass is 270 g/mol. The van der Waals surface area contributed by atoms with Crippen molar-refractivity contribution in [1.82, 2.24) is 10.2 Å². The van der Waals surface area contributed by atoms with E-state index in [1.54, 1.807) is 11.1 Å². The molecule has 0 aliphatic carbocycles. The van der Waals surface area contributed by atoms with Crippen LogP contribution in [-0.2, 0) is 6.42 Å². The maximum absolute atomic E-state index is 3.78. The van der Waals surface area contributed by atoms with Crippen molar-refractivity contribution in [2.45, 2.75) is 51.6 Å². The number of nitrogens with zero attached hydrogens (tertiary/aromatic N) is 1. The van der Waals surface area contributed by atoms with Gasteiger partial charge in [0, 0.05) is 25.2 Å². The van der Waals surface area contributed by atoms with E-state index in [2.05, 4.69) is 36.2 Å². The first-order valence-electron chi connectivity index (χ1n) is 8.30. The molecule has 0 amide bonds. The van der Waals surface area contributed by atoms with E-state index in [0.717, 1.165) is 12.0 Å². The van der Waals surface area contributed by atoms with E-state index in [9.17, 15) is 0 Å². The first-order chi connectivity index (χ1) is 9.72. The van der Waals surface area contributed by atoms with Crippen molar-refractivity contribution < 1.29 is 0 Å². The standard InChI is InChI=1S/C18H26N2/c1-12-8-14-5-7-20-11-15-4-3-6-19-17(15)10-18(20)16(14)9-13(12)2/h8-9,15,17-19H,3-7,10-11H2,1-2H3/t15-,17+,18-/m1/s1. The van der Waals surface area contributed by atoms with Crippen molar-refractivity contribution in [3.8, 4) is 0 Å². The van der Waals surface area contributed by atoms with Gasteiger partial charge in [-0.25, -0.2) is 0 Å². The van der Waals surface area contributed by atoms with Crippen molar-refractivity contribution in [2.75, 3.05) is 19.6 Å². The Hall–Kier alpha value is -0.860. The second-order valence-electron chi connectivity index (χ2n) is 7.09. The molecule has 1 N–H and O–H groups in total. The summed E-state index contributed by atoms with van der Waals surface area (Å²) < 4.78 is 0. The molecule has 1 aromatic rings. The van der Waals surface area contributed by atoms with Crippen molar-refractivity contribution in [1.29, 1.82) is 0 Å². The smallest absolute Gasteiger partial charge is 0.0366 e. The molecule has 20 heavy (non-hydrogen) atoms. The van der Waals surface area contributed by atoms with Crippen LogP contribution in [0.5, 0.6) is 0 Å². The van der Waals surface area contributed by atoms with Crippen LogP contribution in [-0.4, -0.2) is 30.6 Å². The topological polar surface area (TPSA) is 15.3 Å². The molecule has 2 heteroatoms. The third-order valence-electron chi connectivity index (χ3n) is 5.90. The molecule has 108 valence electrons. The Labute approximate surface area is 122 Å². The summed E-state index contributed by atoms with van der Waals surface area (Å²) in [6, 6.07) is 6.36. The minimum Gasteiger partial charge on any atom is -0.314 e. The highest BCUT2D eigenvalue weighted by molar-refractivity contribution is 5.41. The van der Waals surface area contributed by atoms with Gasteiger partial charge in [0.1, 0.15) is 0 Å². The zero-order valence-electron chi connectivity index (χ0n) is 12.8. The highest BCUT2D eigenvalue weighted by Gasteiger charge is 2.39. The average molecular weight is 270 g/mol. The molecular weight excluding hydrogens is 244 g/mol. The normalized spacial score (nSPS) is 33.2. The quantitative estimate of drug-likeness (QED) is 0.779. The lowest BCUT2D eigenvalue weighted by molar-refractivity contribution is 0.0552. The van der Waals surface area contributed by atoms with E-state index in [-0.39, 0.29) is 0 Å². The van der Waals surface area contributed by atoms with Crippen molar-refractivity contribution in [3.63, 3.8) is 0 Å². The van der Waals surface area contributed by atoms with Gasteiger partial charge in [0.2, 0.25) is 0 Å². The van der Waals surface area contributed by atoms with Crippen molar-refractivity contribution in [2.24, 2.45) is 5.92 Å². The van der Waals surface area contributed by atoms with Gasteiger partial charge in [-0.2, -0.15) is 0 Å². The number of fused-ring (bicyclic) bond motifs is 4. The number of hydrogen-bond acceptors (Lipinski definition) is 2. The molecule has 2 fully saturated rings. The maximum Gasteiger partial charge on any atom is 0.0366 e. The van der Waals surface area contributed by atoms with Crippen molar-refractivity contribution in [3.05, 3.63) is 34.4 Å². The molecule has 3 aliphatic heterocycles. The second-order valence-corrected chi connectivity index (χ2v) is 7.09. The van der Waals surface area contributed by atoms with E-state index in [1.165, 1.54) is 56.4 Å². The lowest BCUT2D eigenvalue weighted by Gasteiger charge is -2.49. The Balaban J connectivity index is 1.67. The number of benzene rings is 1. The highest BCUT2D eigenvalue weighted by Crippen LogP contribution is 2.41. The molecule has 3 aliphatic rings. The molecule has 0 unspecified atom stereocenters. The van der Waals surface area contributed by atoms with Gasteiger partial charge < -0.3 is 5.32 Å². The fourth-order valence-electron chi connectivity index (χ4n) is 4.59. The van der Waals surface area contributed by atoms with Gasteiger partial charge in [-0.05, 0) is 74.2 Å². The molecule has 0 radical (unpaired) electrons. The van der Waals surface area contributed by atoms with E-state index >= 15 is 0 Å². The summed E-state index contributed by atoms with van der Waals surface area (Å²) in [7, 11) is 0. The van der Waals surface area contributed by atoms with Gasteiger partial charge in [0.15, 0.2) is 0 Å². The number of nitrogens with one attached hydrogen (secondary N) is 1. The second kappa shape index (κ2) is 4.85. The van der Waals surface area contributed by atoms with Gasteiger partial charge >= 0.3 is 0 Å². The molecular formula is C18H26N2. The molecule has 3 atom stereocenters. The first kappa shape index (κ1) is 12.8. The predicted molar refractivity (Wildman–Crippen MR) is 83.1 cm³/mol. The van der Waals surface area contributed by atoms with Crippen LogP contribution in [0.25, 0.3) is 0 Å². The zero-order chi connectivity index (χ0) is 13.7. The SMILES string of the molecule is Cc1cc2c(cc1C)[C@H]1C[C@@H]3NCCC[C@@H]3CN1CC2. The summed E-state index contributed by atoms with van der Waals surface area (Å²) in [6.07, 6.45) is 5.37. The lowest BCUT2D eigenvalue weighted by Crippen LogP contribution is -2.54. The van der Waals surface area contributed by atoms with Crippen LogP contribution in [0.2, 0.25) is 0 Å². The largest absolute Gasteiger partial charge is 0.314 e. The fourth-order valence-corrected chi connectivity index (χ4v) is 4.59. The van der Waals surface area contributed by atoms with E-state index < -0.39 is 0 Å². The zero-order valence-corrected chi connectivity index (χ0v) is 12.8. The molecule has 0 aromatic heterocycles. The summed E-state index contributed by atoms with van der Waals surface area (Å²) in [5, 5.41) is 3.78. The van der Waals surface area contributed by atoms with E-state index in [4.69, 9.17) is 0 Å². The van der Waals surface area contributed by atoms with Crippen LogP contribution < -0.4 is 5.32 Å². The van der Waals surface area contributed by atoms with Crippen molar-refractivity contribution >= 4 is 0 Å². The van der Waals surface area contributed by atoms with E-state index in [0.29, 0.717) is 6.04 Å². The Morgan fingerprint density at radius 1 is 1.20 bits per heavy atom. The molecule has 0 bridgehead atoms. The van der Waals surface area contributed by atoms with Crippen LogP contribution >= 0.6 is 0 Å². The van der Waals surface area contributed by atoms with E-state index in [1.807, 2.05) is 0 Å². The first-order valence-corrected chi connectivity index (χ1v) is 8.30. The molecule has 0 saturated carbocycles. The summed E-state index contributed by atoms with van der Waals surface area (Å²) >= 11 is 0. The Kier molecular flexibility index (Phi) is 3.12. The van der Waals surface area contributed by atoms with Gasteiger partial charge in [-0.1, -0.05) is 12.1 Å². The number of rotatable bonds is 0. The summed E-state index contributed by atoms with van der Waals surface area (Å²) in [6.45, 7) is 8.33. The number of hydrogen-bond donors (Lipinski definition) is 1. The highest BCUT2D eigenvalue weighted by atomic mass is 15.2. The molecule has 2 nitrogen and oxygen atoms in total. The Bertz CT molecular complexity index is 522. The Morgan fingerprint density at radius 3 is 2.95 bits per heavy atom. The van der Waals surface area contributed by atoms with Crippen LogP contribution in [0.3, 0.4) is 0 Å². The summed E-state index contributed by atoms with van der Waals surface area (Å²) in [5.74, 6) is 0.896. The van der Waals surface area contributed by atoms with Gasteiger partial charge in [-0.3, -0.25) is 4.90 Å². The van der Waals surface area contributed by atoms with Gasteiger partial charge in [-0.15, -0.1) is 0 Å². The number of piperidine rings is 2. The fraction of sp³-hybridized carbons (Fsp3) is 0.667. The molecule has 4 rings (SSSR count). The minimum atomic E-state index is 0.671. The third kappa shape index (κ3) is 2.01. The van der Waals surface area contributed by atoms with Crippen LogP contribution in [0, 0.1) is 19.8 Å². The number of aryl methyl sites for hydroxylation is 2. The molecule has 0 spiro atoms. The summed E-state index contributed by atoms with van der Waals surface area (Å²) in [4.78, 5) is 2.77. The molecule has 3 heterocycles. The maximum atomic E-state index is 3.78. The average Bonchev–Trinajstić information content (AvgIpc) is 2.47. The summed E-state index contributed by atoms with van der Waals surface area (Å²) in [5.41, 5.74) is 6.17. The molecule has 1 aromatic carbocycles. The van der Waals surface area contributed by atoms with Gasteiger partial charge in [0.25, 0.3) is 0 Å².